The van der Waals surface area contributed by atoms with Crippen molar-refractivity contribution in [3.63, 3.8) is 0 Å². The average Bonchev–Trinajstić information content (AvgIpc) is 2.49. The summed E-state index contributed by atoms with van der Waals surface area (Å²) in [6.07, 6.45) is 0. The van der Waals surface area contributed by atoms with E-state index in [-0.39, 0.29) is 11.3 Å². The number of rotatable bonds is 1. The fourth-order valence-corrected chi connectivity index (χ4v) is 1.29. The minimum Gasteiger partial charge on any atom is -0.462 e. The molecule has 2 aliphatic heterocycles. The molecule has 0 radical (unpaired) electrons. The van der Waals surface area contributed by atoms with Gasteiger partial charge in [0, 0.05) is 13.1 Å². The summed E-state index contributed by atoms with van der Waals surface area (Å²) < 4.78 is 9.89. The predicted molar refractivity (Wildman–Crippen MR) is 52.8 cm³/mol. The van der Waals surface area contributed by atoms with Gasteiger partial charge in [0.15, 0.2) is 0 Å². The Bertz CT molecular complexity index is 210. The molecule has 14 heavy (non-hydrogen) atoms. The van der Waals surface area contributed by atoms with Gasteiger partial charge in [0.1, 0.15) is 11.3 Å². The highest BCUT2D eigenvalue weighted by Crippen LogP contribution is 2.36. The molecule has 0 aromatic rings. The highest BCUT2D eigenvalue weighted by atomic mass is 16.5. The van der Waals surface area contributed by atoms with Crippen LogP contribution in [0.3, 0.4) is 0 Å². The molecule has 2 fully saturated rings. The first-order chi connectivity index (χ1) is 6.37. The van der Waals surface area contributed by atoms with E-state index >= 15 is 0 Å². The minimum atomic E-state index is -0.318. The maximum Gasteiger partial charge on any atom is 0.293 e. The van der Waals surface area contributed by atoms with Crippen LogP contribution in [0.4, 0.5) is 0 Å². The van der Waals surface area contributed by atoms with Crippen molar-refractivity contribution < 1.29 is 14.3 Å². The van der Waals surface area contributed by atoms with E-state index in [4.69, 9.17) is 4.74 Å². The van der Waals surface area contributed by atoms with Crippen molar-refractivity contribution in [2.24, 2.45) is 0 Å². The zero-order valence-electron chi connectivity index (χ0n) is 9.37. The third-order valence-corrected chi connectivity index (χ3v) is 2.23. The summed E-state index contributed by atoms with van der Waals surface area (Å²) in [5.41, 5.74) is -0.123. The van der Waals surface area contributed by atoms with E-state index < -0.39 is 0 Å². The molecule has 4 nitrogen and oxygen atoms in total. The number of fused-ring (bicyclic) bond motifs is 1. The fraction of sp³-hybridized carbons (Fsp3) is 0.900. The number of carbonyl (C=O) groups excluding carboxylic acids is 1. The van der Waals surface area contributed by atoms with Gasteiger partial charge in [-0.15, -0.1) is 0 Å². The molecular formula is C10H19NO3. The van der Waals surface area contributed by atoms with Crippen molar-refractivity contribution in [1.82, 2.24) is 4.90 Å². The largest absolute Gasteiger partial charge is 0.462 e. The SMILES string of the molecule is CC(C)(C)OC=O.CC12CN1CCO2. The summed E-state index contributed by atoms with van der Waals surface area (Å²) in [5.74, 6) is 0. The van der Waals surface area contributed by atoms with Crippen LogP contribution in [0.15, 0.2) is 0 Å². The third-order valence-electron chi connectivity index (χ3n) is 2.23. The van der Waals surface area contributed by atoms with Crippen LogP contribution in [0.25, 0.3) is 0 Å². The van der Waals surface area contributed by atoms with Gasteiger partial charge in [-0.25, -0.2) is 0 Å². The van der Waals surface area contributed by atoms with Gasteiger partial charge in [0.05, 0.1) is 6.61 Å². The Balaban J connectivity index is 0.000000140. The Morgan fingerprint density at radius 2 is 2.14 bits per heavy atom. The van der Waals surface area contributed by atoms with Crippen molar-refractivity contribution in [2.75, 3.05) is 19.7 Å². The molecule has 2 saturated heterocycles. The lowest BCUT2D eigenvalue weighted by Gasteiger charge is -2.14. The highest BCUT2D eigenvalue weighted by Gasteiger charge is 2.52. The monoisotopic (exact) mass is 201 g/mol. The van der Waals surface area contributed by atoms with Crippen LogP contribution in [-0.4, -0.2) is 42.4 Å². The maximum atomic E-state index is 9.60. The molecule has 2 aliphatic rings. The summed E-state index contributed by atoms with van der Waals surface area (Å²) in [6, 6.07) is 0. The van der Waals surface area contributed by atoms with Crippen LogP contribution >= 0.6 is 0 Å². The average molecular weight is 201 g/mol. The van der Waals surface area contributed by atoms with E-state index in [2.05, 4.69) is 16.6 Å². The van der Waals surface area contributed by atoms with E-state index in [1.807, 2.05) is 20.8 Å². The number of hydrogen-bond donors (Lipinski definition) is 0. The summed E-state index contributed by atoms with van der Waals surface area (Å²) in [4.78, 5) is 11.9. The van der Waals surface area contributed by atoms with E-state index in [1.54, 1.807) is 0 Å². The number of carbonyl (C=O) groups is 1. The Morgan fingerprint density at radius 3 is 2.21 bits per heavy atom. The number of morpholine rings is 1. The molecule has 82 valence electrons. The Hall–Kier alpha value is -0.610. The Labute approximate surface area is 85.2 Å². The molecule has 4 heteroatoms. The number of ether oxygens (including phenoxy) is 2. The lowest BCUT2D eigenvalue weighted by atomic mass is 10.2. The predicted octanol–water partition coefficient (Wildman–Crippen LogP) is 1.01. The quantitative estimate of drug-likeness (QED) is 0.469. The van der Waals surface area contributed by atoms with Crippen molar-refractivity contribution in [3.8, 4) is 0 Å². The maximum absolute atomic E-state index is 9.60. The Morgan fingerprint density at radius 1 is 1.50 bits per heavy atom. The number of hydrogen-bond acceptors (Lipinski definition) is 4. The van der Waals surface area contributed by atoms with Crippen molar-refractivity contribution in [1.29, 1.82) is 0 Å². The molecule has 0 aromatic heterocycles. The second-order valence-corrected chi connectivity index (χ2v) is 4.77. The lowest BCUT2D eigenvalue weighted by molar-refractivity contribution is -0.138. The molecule has 2 atom stereocenters. The van der Waals surface area contributed by atoms with Crippen LogP contribution in [0.5, 0.6) is 0 Å². The van der Waals surface area contributed by atoms with Crippen molar-refractivity contribution in [2.45, 2.75) is 39.0 Å². The summed E-state index contributed by atoms with van der Waals surface area (Å²) in [6.45, 7) is 11.3. The first-order valence-electron chi connectivity index (χ1n) is 4.88. The molecule has 0 aliphatic carbocycles. The highest BCUT2D eigenvalue weighted by molar-refractivity contribution is 5.37. The van der Waals surface area contributed by atoms with E-state index in [0.29, 0.717) is 6.47 Å². The van der Waals surface area contributed by atoms with E-state index in [1.165, 1.54) is 0 Å². The first-order valence-corrected chi connectivity index (χ1v) is 4.88. The normalized spacial score (nSPS) is 33.9. The van der Waals surface area contributed by atoms with E-state index in [0.717, 1.165) is 19.7 Å². The molecule has 2 heterocycles. The standard InChI is InChI=1S/C5H9NO.C5H10O2/c1-5-4-6(5)2-3-7-5;1-5(2,3)7-4-6/h2-4H2,1H3;4H,1-3H3. The van der Waals surface area contributed by atoms with Crippen molar-refractivity contribution >= 4 is 6.47 Å². The molecule has 0 bridgehead atoms. The molecular weight excluding hydrogens is 182 g/mol. The van der Waals surface area contributed by atoms with Gasteiger partial charge in [0.2, 0.25) is 0 Å². The van der Waals surface area contributed by atoms with Gasteiger partial charge in [-0.05, 0) is 27.7 Å². The van der Waals surface area contributed by atoms with Crippen LogP contribution in [0, 0.1) is 0 Å². The van der Waals surface area contributed by atoms with Crippen LogP contribution in [0.2, 0.25) is 0 Å². The minimum absolute atomic E-state index is 0.194. The van der Waals surface area contributed by atoms with Crippen LogP contribution < -0.4 is 0 Å². The smallest absolute Gasteiger partial charge is 0.293 e. The second-order valence-electron chi connectivity index (χ2n) is 4.77. The molecule has 0 saturated carbocycles. The first kappa shape index (κ1) is 11.5. The second kappa shape index (κ2) is 3.87. The van der Waals surface area contributed by atoms with Gasteiger partial charge >= 0.3 is 0 Å². The number of nitrogens with zero attached hydrogens (tertiary/aromatic N) is 1. The van der Waals surface area contributed by atoms with Gasteiger partial charge < -0.3 is 9.47 Å². The summed E-state index contributed by atoms with van der Waals surface area (Å²) in [7, 11) is 0. The van der Waals surface area contributed by atoms with Crippen LogP contribution in [0.1, 0.15) is 27.7 Å². The lowest BCUT2D eigenvalue weighted by Crippen LogP contribution is -2.17. The topological polar surface area (TPSA) is 38.5 Å². The molecule has 0 N–H and O–H groups in total. The van der Waals surface area contributed by atoms with E-state index in [9.17, 15) is 4.79 Å². The zero-order chi connectivity index (χ0) is 10.8. The molecule has 0 amide bonds. The fourth-order valence-electron chi connectivity index (χ4n) is 1.29. The Kier molecular flexibility index (Phi) is 3.17. The molecule has 0 spiro atoms. The molecule has 2 rings (SSSR count). The van der Waals surface area contributed by atoms with Gasteiger partial charge in [-0.1, -0.05) is 0 Å². The summed E-state index contributed by atoms with van der Waals surface area (Å²) >= 11 is 0. The van der Waals surface area contributed by atoms with Gasteiger partial charge in [-0.3, -0.25) is 9.69 Å². The molecule has 0 aromatic carbocycles. The van der Waals surface area contributed by atoms with Gasteiger partial charge in [-0.2, -0.15) is 0 Å². The summed E-state index contributed by atoms with van der Waals surface area (Å²) in [5, 5.41) is 0. The zero-order valence-corrected chi connectivity index (χ0v) is 9.37. The van der Waals surface area contributed by atoms with Crippen LogP contribution in [-0.2, 0) is 14.3 Å². The molecule has 2 unspecified atom stereocenters. The van der Waals surface area contributed by atoms with Gasteiger partial charge in [0.25, 0.3) is 6.47 Å². The third kappa shape index (κ3) is 3.27. The van der Waals surface area contributed by atoms with Crippen molar-refractivity contribution in [3.05, 3.63) is 0 Å².